The number of carbonyl (C=O) groups is 4. The number of carboxylic acid groups (broad SMARTS) is 1. The molecule has 17 nitrogen and oxygen atoms in total. The molecule has 344 valence electrons. The van der Waals surface area contributed by atoms with Crippen molar-refractivity contribution in [3.05, 3.63) is 145 Å². The fraction of sp³-hybridized carbons (Fsp3) is 0.391. The largest absolute Gasteiger partial charge is 1.00 e. The van der Waals surface area contributed by atoms with Gasteiger partial charge >= 0.3 is 29.6 Å². The third-order valence-corrected chi connectivity index (χ3v) is 10.5. The Labute approximate surface area is 408 Å². The fourth-order valence-corrected chi connectivity index (χ4v) is 7.25. The quantitative estimate of drug-likeness (QED) is 0.0342. The molecule has 0 spiro atoms. The van der Waals surface area contributed by atoms with E-state index < -0.39 is 23.3 Å². The standard InChI is InChI=1S/C22H26N4O3.C22H27N3O2.C2H4O2.ClH.HNO2.Na/c1-15(27)21(25-29)22(28)24-18-12-17-13-19(8-9-20(17)23-14-18)26(2)11-10-16-6-4-3-5-7-16;1-16(26)12-22(27)24-19-13-18-14-20(8-9-21(18)23-15-19)25(2)11-10-17-6-4-3-5-7-17;1-2(3)4;;2-1-3;/h3-7,12,14,19,27H,8-11,13H2,1-2H3,(H,24,28);3-7,13,15,20H,8-12,14H2,1-2H3,(H,24,27);1H3,(H,3,4);1H;(H,2,3);/q;;;;;+1/p-1. The van der Waals surface area contributed by atoms with Gasteiger partial charge in [0.15, 0.2) is 0 Å². The van der Waals surface area contributed by atoms with Crippen LogP contribution >= 0.6 is 12.4 Å². The second-order valence-electron chi connectivity index (χ2n) is 15.4. The van der Waals surface area contributed by atoms with Crippen molar-refractivity contribution in [2.24, 2.45) is 10.5 Å². The molecule has 2 aliphatic rings. The number of benzene rings is 2. The average Bonchev–Trinajstić information content (AvgIpc) is 3.25. The monoisotopic (exact) mass is 924 g/mol. The van der Waals surface area contributed by atoms with Gasteiger partial charge in [0.25, 0.3) is 11.9 Å². The van der Waals surface area contributed by atoms with Crippen LogP contribution < -0.4 is 40.2 Å². The number of nitrogens with zero attached hydrogens (tertiary/aromatic N) is 6. The van der Waals surface area contributed by atoms with Crippen molar-refractivity contribution in [1.29, 1.82) is 0 Å². The molecule has 65 heavy (non-hydrogen) atoms. The first-order valence-corrected chi connectivity index (χ1v) is 20.6. The first kappa shape index (κ1) is 57.6. The molecule has 0 aliphatic heterocycles. The number of allylic oxidation sites excluding steroid dienone is 1. The van der Waals surface area contributed by atoms with Crippen LogP contribution in [0.4, 0.5) is 11.4 Å². The van der Waals surface area contributed by atoms with E-state index in [0.717, 1.165) is 93.7 Å². The van der Waals surface area contributed by atoms with Gasteiger partial charge in [-0.15, -0.1) is 22.7 Å². The Morgan fingerprint density at radius 3 is 1.51 bits per heavy atom. The van der Waals surface area contributed by atoms with Crippen LogP contribution in [-0.4, -0.2) is 92.8 Å². The number of carboxylic acids is 1. The van der Waals surface area contributed by atoms with Gasteiger partial charge in [-0.1, -0.05) is 60.7 Å². The number of aliphatic hydroxyl groups is 1. The smallest absolute Gasteiger partial charge is 0.510 e. The van der Waals surface area contributed by atoms with Crippen LogP contribution in [0.1, 0.15) is 73.7 Å². The van der Waals surface area contributed by atoms with Gasteiger partial charge in [-0.3, -0.25) is 29.1 Å². The number of pyridine rings is 2. The maximum atomic E-state index is 12.1. The molecule has 2 heterocycles. The molecule has 2 atom stereocenters. The van der Waals surface area contributed by atoms with Gasteiger partial charge in [-0.05, 0) is 119 Å². The summed E-state index contributed by atoms with van der Waals surface area (Å²) in [7, 11) is 4.33. The van der Waals surface area contributed by atoms with E-state index in [-0.39, 0.29) is 60.1 Å². The van der Waals surface area contributed by atoms with Crippen LogP contribution in [0, 0.1) is 15.0 Å². The maximum absolute atomic E-state index is 12.1. The summed E-state index contributed by atoms with van der Waals surface area (Å²) >= 11 is 0. The van der Waals surface area contributed by atoms with E-state index in [9.17, 15) is 24.4 Å². The normalized spacial score (nSPS) is 14.7. The summed E-state index contributed by atoms with van der Waals surface area (Å²) in [6.45, 7) is 5.74. The Balaban J connectivity index is 0.000000554. The van der Waals surface area contributed by atoms with Crippen LogP contribution in [-0.2, 0) is 57.7 Å². The van der Waals surface area contributed by atoms with Crippen molar-refractivity contribution in [2.45, 2.75) is 90.6 Å². The van der Waals surface area contributed by atoms with Crippen LogP contribution in [0.3, 0.4) is 0 Å². The van der Waals surface area contributed by atoms with Crippen molar-refractivity contribution in [1.82, 2.24) is 19.8 Å². The number of hydrogen-bond donors (Lipinski definition) is 4. The number of likely N-dealkylation sites (N-methyl/N-ethyl adjacent to an activating group) is 2. The third-order valence-electron chi connectivity index (χ3n) is 10.5. The summed E-state index contributed by atoms with van der Waals surface area (Å²) in [4.78, 5) is 76.5. The third kappa shape index (κ3) is 21.0. The molecule has 0 radical (unpaired) electrons. The molecule has 4 aromatic rings. The second kappa shape index (κ2) is 30.7. The minimum atomic E-state index is -0.833. The molecule has 2 amide bonds. The molecule has 19 heteroatoms. The molecule has 4 N–H and O–H groups in total. The number of Topliss-reactive ketones (excluding diaryl/α,β-unsaturated/α-hetero) is 1. The molecule has 2 aromatic heterocycles. The van der Waals surface area contributed by atoms with Crippen LogP contribution in [0.2, 0.25) is 0 Å². The topological polar surface area (TPSA) is 247 Å². The van der Waals surface area contributed by atoms with Crippen molar-refractivity contribution >= 4 is 47.3 Å². The number of nitroso groups, excluding NO2 is 1. The average molecular weight is 925 g/mol. The van der Waals surface area contributed by atoms with E-state index in [1.807, 2.05) is 24.3 Å². The number of aryl methyl sites for hydroxylation is 2. The van der Waals surface area contributed by atoms with Gasteiger partial charge in [0.1, 0.15) is 11.5 Å². The van der Waals surface area contributed by atoms with Gasteiger partial charge < -0.3 is 40.8 Å². The summed E-state index contributed by atoms with van der Waals surface area (Å²) in [5.41, 5.74) is 7.77. The number of anilines is 2. The number of aromatic nitrogens is 2. The fourth-order valence-electron chi connectivity index (χ4n) is 7.25. The molecule has 0 saturated heterocycles. The minimum absolute atomic E-state index is 0. The predicted molar refractivity (Wildman–Crippen MR) is 249 cm³/mol. The number of fused-ring (bicyclic) bond motifs is 2. The van der Waals surface area contributed by atoms with Crippen LogP contribution in [0.5, 0.6) is 0 Å². The molecular weight excluding hydrogens is 867 g/mol. The number of nitrogens with one attached hydrogen (secondary N) is 2. The second-order valence-corrected chi connectivity index (χ2v) is 15.4. The summed E-state index contributed by atoms with van der Waals surface area (Å²) in [5.74, 6) is -2.41. The number of ketones is 1. The minimum Gasteiger partial charge on any atom is -0.510 e. The van der Waals surface area contributed by atoms with E-state index in [1.54, 1.807) is 12.4 Å². The Morgan fingerprint density at radius 2 is 1.14 bits per heavy atom. The predicted octanol–water partition coefficient (Wildman–Crippen LogP) is 4.41. The van der Waals surface area contributed by atoms with Gasteiger partial charge in [-0.2, -0.15) is 0 Å². The van der Waals surface area contributed by atoms with E-state index in [0.29, 0.717) is 23.5 Å². The van der Waals surface area contributed by atoms with E-state index in [2.05, 4.69) is 98.2 Å². The van der Waals surface area contributed by atoms with Crippen LogP contribution in [0.15, 0.2) is 107 Å². The van der Waals surface area contributed by atoms with Crippen molar-refractivity contribution < 1.29 is 58.9 Å². The molecular formula is C46H58ClN8NaO9. The number of aliphatic carboxylic acids is 1. The van der Waals surface area contributed by atoms with Gasteiger partial charge in [0, 0.05) is 43.5 Å². The SMILES string of the molecule is CC(=O)CC(=O)Nc1cnc2c(c1)CC(N(C)CCc1ccccc1)CC2.CC(=O)O.CC(O)=C(N=O)C(=O)Nc1cnc2c(c1)CC(N(C)CCc1ccccc1)CC2.Cl.O=N[O-].[Na+]. The van der Waals surface area contributed by atoms with E-state index >= 15 is 0 Å². The molecule has 0 fully saturated rings. The number of aliphatic hydroxyl groups excluding tert-OH is 1. The zero-order valence-corrected chi connectivity index (χ0v) is 40.7. The maximum Gasteiger partial charge on any atom is 1.00 e. The number of hydrogen-bond acceptors (Lipinski definition) is 14. The van der Waals surface area contributed by atoms with Crippen molar-refractivity contribution in [2.75, 3.05) is 37.8 Å². The van der Waals surface area contributed by atoms with E-state index in [1.165, 1.54) is 30.5 Å². The molecule has 0 saturated carbocycles. The van der Waals surface area contributed by atoms with Gasteiger partial charge in [0.05, 0.1) is 30.2 Å². The molecule has 2 unspecified atom stereocenters. The Morgan fingerprint density at radius 1 is 0.738 bits per heavy atom. The van der Waals surface area contributed by atoms with E-state index in [4.69, 9.17) is 20.0 Å². The summed E-state index contributed by atoms with van der Waals surface area (Å²) in [6, 6.07) is 25.8. The number of amides is 2. The first-order chi connectivity index (χ1) is 30.1. The Hall–Kier alpha value is -5.43. The first-order valence-electron chi connectivity index (χ1n) is 20.6. The Kier molecular flexibility index (Phi) is 27.2. The molecule has 0 bridgehead atoms. The summed E-state index contributed by atoms with van der Waals surface area (Å²) < 4.78 is 0. The number of halogens is 1. The molecule has 6 rings (SSSR count). The van der Waals surface area contributed by atoms with Crippen molar-refractivity contribution in [3.8, 4) is 0 Å². The number of carbonyl (C=O) groups excluding carboxylic acids is 3. The Bertz CT molecular complexity index is 2180. The zero-order valence-electron chi connectivity index (χ0n) is 37.9. The summed E-state index contributed by atoms with van der Waals surface area (Å²) in [5, 5.41) is 33.8. The van der Waals surface area contributed by atoms with Crippen molar-refractivity contribution in [3.63, 3.8) is 0 Å². The zero-order chi connectivity index (χ0) is 46.3. The summed E-state index contributed by atoms with van der Waals surface area (Å²) in [6.07, 6.45) is 11.0. The molecule has 2 aromatic carbocycles. The van der Waals surface area contributed by atoms with Crippen LogP contribution in [0.25, 0.3) is 0 Å². The molecule has 2 aliphatic carbocycles. The van der Waals surface area contributed by atoms with Gasteiger partial charge in [-0.25, -0.2) is 0 Å². The number of rotatable bonds is 14. The van der Waals surface area contributed by atoms with Gasteiger partial charge in [0.2, 0.25) is 11.6 Å².